The van der Waals surface area contributed by atoms with Crippen LogP contribution in [0, 0.1) is 0 Å². The highest BCUT2D eigenvalue weighted by Crippen LogP contribution is 2.28. The van der Waals surface area contributed by atoms with Crippen molar-refractivity contribution in [3.63, 3.8) is 0 Å². The quantitative estimate of drug-likeness (QED) is 0.435. The van der Waals surface area contributed by atoms with Crippen molar-refractivity contribution in [1.29, 1.82) is 0 Å². The van der Waals surface area contributed by atoms with Crippen LogP contribution in [-0.4, -0.2) is 9.55 Å². The monoisotopic (exact) mass is 332 g/mol. The molecule has 0 unspecified atom stereocenters. The lowest BCUT2D eigenvalue weighted by Gasteiger charge is -2.08. The second kappa shape index (κ2) is 5.02. The number of hydrogen-bond acceptors (Lipinski definition) is 2. The van der Waals surface area contributed by atoms with E-state index in [-0.39, 0.29) is 0 Å². The average Bonchev–Trinajstić information content (AvgIpc) is 3.09. The Bertz CT molecular complexity index is 955. The fourth-order valence-electron chi connectivity index (χ4n) is 2.57. The number of rotatable bonds is 2. The summed E-state index contributed by atoms with van der Waals surface area (Å²) in [5.74, 6) is 1.18. The molecule has 0 aliphatic rings. The van der Waals surface area contributed by atoms with Gasteiger partial charge in [0.25, 0.3) is 0 Å². The van der Waals surface area contributed by atoms with Crippen LogP contribution in [0.1, 0.15) is 5.82 Å². The Balaban J connectivity index is 2.03. The molecule has 0 saturated carbocycles. The summed E-state index contributed by atoms with van der Waals surface area (Å²) in [7, 11) is 0. The van der Waals surface area contributed by atoms with E-state index in [1.165, 1.54) is 10.1 Å². The molecule has 0 saturated heterocycles. The molecule has 2 heterocycles. The van der Waals surface area contributed by atoms with Crippen LogP contribution in [0.3, 0.4) is 0 Å². The Hall–Kier alpha value is -1.55. The first kappa shape index (κ1) is 13.1. The summed E-state index contributed by atoms with van der Waals surface area (Å²) >= 11 is 13.9. The number of benzene rings is 2. The molecule has 5 heteroatoms. The Labute approximate surface area is 135 Å². The van der Waals surface area contributed by atoms with Crippen molar-refractivity contribution < 1.29 is 0 Å². The van der Waals surface area contributed by atoms with E-state index in [0.717, 1.165) is 22.5 Å². The van der Waals surface area contributed by atoms with Gasteiger partial charge in [-0.2, -0.15) is 0 Å². The van der Waals surface area contributed by atoms with Crippen LogP contribution in [-0.2, 0) is 5.88 Å². The van der Waals surface area contributed by atoms with Crippen molar-refractivity contribution >= 4 is 55.7 Å². The molecule has 2 aromatic heterocycles. The van der Waals surface area contributed by atoms with E-state index < -0.39 is 0 Å². The summed E-state index contributed by atoms with van der Waals surface area (Å²) in [6.07, 6.45) is 0. The maximum absolute atomic E-state index is 6.08. The van der Waals surface area contributed by atoms with Crippen molar-refractivity contribution in [3.8, 4) is 5.69 Å². The topological polar surface area (TPSA) is 17.8 Å². The molecule has 0 aliphatic heterocycles. The molecule has 0 radical (unpaired) electrons. The zero-order chi connectivity index (χ0) is 14.4. The molecule has 104 valence electrons. The number of imidazole rings is 1. The first-order valence-corrected chi connectivity index (χ1v) is 8.26. The Morgan fingerprint density at radius 3 is 2.86 bits per heavy atom. The van der Waals surface area contributed by atoms with Crippen LogP contribution in [0.15, 0.2) is 47.8 Å². The van der Waals surface area contributed by atoms with Gasteiger partial charge in [0.2, 0.25) is 0 Å². The van der Waals surface area contributed by atoms with Crippen molar-refractivity contribution in [2.45, 2.75) is 5.88 Å². The molecular weight excluding hydrogens is 323 g/mol. The summed E-state index contributed by atoms with van der Waals surface area (Å²) in [6, 6.07) is 14.3. The molecule has 4 rings (SSSR count). The number of nitrogens with zero attached hydrogens (tertiary/aromatic N) is 2. The zero-order valence-corrected chi connectivity index (χ0v) is 13.2. The Morgan fingerprint density at radius 2 is 2.00 bits per heavy atom. The lowest BCUT2D eigenvalue weighted by atomic mass is 10.2. The molecule has 2 nitrogen and oxygen atoms in total. The smallest absolute Gasteiger partial charge is 0.129 e. The minimum absolute atomic E-state index is 0.355. The predicted molar refractivity (Wildman–Crippen MR) is 91.0 cm³/mol. The molecule has 4 aromatic rings. The highest BCUT2D eigenvalue weighted by atomic mass is 35.5. The standard InChI is InChI=1S/C16H10Cl2N2S/c17-9-16-19-13-8-11(18)1-3-14(13)20(16)12-2-4-15-10(7-12)5-6-21-15/h1-8H,9H2. The summed E-state index contributed by atoms with van der Waals surface area (Å²) < 4.78 is 3.37. The van der Waals surface area contributed by atoms with Crippen LogP contribution in [0.5, 0.6) is 0 Å². The van der Waals surface area contributed by atoms with Gasteiger partial charge in [-0.15, -0.1) is 22.9 Å². The van der Waals surface area contributed by atoms with Crippen molar-refractivity contribution in [2.75, 3.05) is 0 Å². The van der Waals surface area contributed by atoms with Crippen LogP contribution >= 0.6 is 34.5 Å². The van der Waals surface area contributed by atoms with Gasteiger partial charge in [0, 0.05) is 15.4 Å². The molecule has 21 heavy (non-hydrogen) atoms. The Morgan fingerprint density at radius 1 is 1.10 bits per heavy atom. The van der Waals surface area contributed by atoms with Crippen LogP contribution in [0.25, 0.3) is 26.8 Å². The number of alkyl halides is 1. The van der Waals surface area contributed by atoms with Crippen LogP contribution in [0.2, 0.25) is 5.02 Å². The summed E-state index contributed by atoms with van der Waals surface area (Å²) in [5.41, 5.74) is 2.95. The van der Waals surface area contributed by atoms with E-state index in [4.69, 9.17) is 23.2 Å². The third-order valence-corrected chi connectivity index (χ3v) is 4.87. The lowest BCUT2D eigenvalue weighted by Crippen LogP contribution is -1.98. The van der Waals surface area contributed by atoms with Crippen molar-refractivity contribution in [3.05, 3.63) is 58.7 Å². The largest absolute Gasteiger partial charge is 0.295 e. The van der Waals surface area contributed by atoms with Gasteiger partial charge in [-0.3, -0.25) is 4.57 Å². The SMILES string of the molecule is ClCc1nc2cc(Cl)ccc2n1-c1ccc2sccc2c1. The number of thiophene rings is 1. The normalized spacial score (nSPS) is 11.5. The second-order valence-electron chi connectivity index (χ2n) is 4.77. The predicted octanol–water partition coefficient (Wildman–Crippen LogP) is 5.63. The number of halogens is 2. The molecule has 0 bridgehead atoms. The molecule has 0 atom stereocenters. The number of hydrogen-bond donors (Lipinski definition) is 0. The third-order valence-electron chi connectivity index (χ3n) is 3.50. The van der Waals surface area contributed by atoms with Crippen LogP contribution in [0.4, 0.5) is 0 Å². The van der Waals surface area contributed by atoms with E-state index in [1.807, 2.05) is 18.2 Å². The van der Waals surface area contributed by atoms with E-state index in [0.29, 0.717) is 10.9 Å². The van der Waals surface area contributed by atoms with Gasteiger partial charge < -0.3 is 0 Å². The molecule has 0 fully saturated rings. The Kier molecular flexibility index (Phi) is 3.14. The minimum atomic E-state index is 0.355. The van der Waals surface area contributed by atoms with Gasteiger partial charge in [0.1, 0.15) is 5.82 Å². The van der Waals surface area contributed by atoms with Crippen molar-refractivity contribution in [1.82, 2.24) is 9.55 Å². The highest BCUT2D eigenvalue weighted by Gasteiger charge is 2.12. The highest BCUT2D eigenvalue weighted by molar-refractivity contribution is 7.17. The number of aromatic nitrogens is 2. The summed E-state index contributed by atoms with van der Waals surface area (Å²) in [4.78, 5) is 4.59. The van der Waals surface area contributed by atoms with Crippen molar-refractivity contribution in [2.24, 2.45) is 0 Å². The first-order chi connectivity index (χ1) is 10.3. The van der Waals surface area contributed by atoms with Gasteiger partial charge in [-0.1, -0.05) is 11.6 Å². The minimum Gasteiger partial charge on any atom is -0.295 e. The van der Waals surface area contributed by atoms with Gasteiger partial charge in [0.05, 0.1) is 16.9 Å². The molecule has 0 amide bonds. The molecule has 0 spiro atoms. The summed E-state index contributed by atoms with van der Waals surface area (Å²) in [6.45, 7) is 0. The second-order valence-corrected chi connectivity index (χ2v) is 6.42. The van der Waals surface area contributed by atoms with E-state index in [1.54, 1.807) is 11.3 Å². The van der Waals surface area contributed by atoms with E-state index in [2.05, 4.69) is 39.2 Å². The molecule has 2 aromatic carbocycles. The maximum Gasteiger partial charge on any atom is 0.129 e. The van der Waals surface area contributed by atoms with Gasteiger partial charge in [-0.25, -0.2) is 4.98 Å². The van der Waals surface area contributed by atoms with E-state index in [9.17, 15) is 0 Å². The third kappa shape index (κ3) is 2.13. The molecule has 0 aliphatic carbocycles. The fourth-order valence-corrected chi connectivity index (χ4v) is 3.69. The van der Waals surface area contributed by atoms with Crippen LogP contribution < -0.4 is 0 Å². The average molecular weight is 333 g/mol. The molecule has 0 N–H and O–H groups in total. The van der Waals surface area contributed by atoms with E-state index >= 15 is 0 Å². The zero-order valence-electron chi connectivity index (χ0n) is 10.9. The fraction of sp³-hybridized carbons (Fsp3) is 0.0625. The summed E-state index contributed by atoms with van der Waals surface area (Å²) in [5, 5.41) is 4.01. The molecular formula is C16H10Cl2N2S. The van der Waals surface area contributed by atoms with Gasteiger partial charge in [-0.05, 0) is 53.2 Å². The first-order valence-electron chi connectivity index (χ1n) is 6.47. The lowest BCUT2D eigenvalue weighted by molar-refractivity contribution is 0.984. The maximum atomic E-state index is 6.08. The van der Waals surface area contributed by atoms with Gasteiger partial charge >= 0.3 is 0 Å². The van der Waals surface area contributed by atoms with Gasteiger partial charge in [0.15, 0.2) is 0 Å². The number of fused-ring (bicyclic) bond motifs is 2.